The van der Waals surface area contributed by atoms with Crippen molar-refractivity contribution < 1.29 is 19.0 Å². The van der Waals surface area contributed by atoms with Gasteiger partial charge in [0, 0.05) is 19.7 Å². The Morgan fingerprint density at radius 1 is 1.58 bits per heavy atom. The van der Waals surface area contributed by atoms with Crippen molar-refractivity contribution >= 4 is 5.91 Å². The molecule has 0 radical (unpaired) electrons. The molecule has 0 aromatic heterocycles. The van der Waals surface area contributed by atoms with E-state index < -0.39 is 17.8 Å². The predicted octanol–water partition coefficient (Wildman–Crippen LogP) is 1.68. The fraction of sp³-hybridized carbons (Fsp3) is 0.500. The first kappa shape index (κ1) is 13.8. The van der Waals surface area contributed by atoms with Crippen LogP contribution in [0.4, 0.5) is 4.39 Å². The molecule has 1 unspecified atom stereocenters. The van der Waals surface area contributed by atoms with Gasteiger partial charge >= 0.3 is 0 Å². The zero-order valence-corrected chi connectivity index (χ0v) is 11.1. The average molecular weight is 267 g/mol. The Hall–Kier alpha value is -1.62. The summed E-state index contributed by atoms with van der Waals surface area (Å²) in [4.78, 5) is 13.4. The van der Waals surface area contributed by atoms with Crippen LogP contribution in [0.1, 0.15) is 23.2 Å². The van der Waals surface area contributed by atoms with Gasteiger partial charge in [-0.25, -0.2) is 4.39 Å². The SMILES string of the molecule is COc1ccc(C(=O)N(C)CC(O)C2CC2)c(F)c1. The highest BCUT2D eigenvalue weighted by Crippen LogP contribution is 2.32. The molecule has 1 atom stereocenters. The number of aliphatic hydroxyl groups excluding tert-OH is 1. The molecule has 0 bridgehead atoms. The molecule has 1 aliphatic rings. The lowest BCUT2D eigenvalue weighted by molar-refractivity contribution is 0.0641. The minimum Gasteiger partial charge on any atom is -0.497 e. The van der Waals surface area contributed by atoms with Gasteiger partial charge in [-0.3, -0.25) is 4.79 Å². The van der Waals surface area contributed by atoms with Gasteiger partial charge in [0.05, 0.1) is 18.8 Å². The topological polar surface area (TPSA) is 49.8 Å². The van der Waals surface area contributed by atoms with Gasteiger partial charge in [-0.2, -0.15) is 0 Å². The van der Waals surface area contributed by atoms with Crippen LogP contribution in [0.5, 0.6) is 5.75 Å². The number of amides is 1. The number of carbonyl (C=O) groups is 1. The highest BCUT2D eigenvalue weighted by atomic mass is 19.1. The number of likely N-dealkylation sites (N-methyl/N-ethyl adjacent to an activating group) is 1. The standard InChI is InChI=1S/C14H18FNO3/c1-16(8-13(17)9-3-4-9)14(18)11-6-5-10(19-2)7-12(11)15/h5-7,9,13,17H,3-4,8H2,1-2H3. The Bertz CT molecular complexity index is 474. The fourth-order valence-electron chi connectivity index (χ4n) is 2.00. The monoisotopic (exact) mass is 267 g/mol. The van der Waals surface area contributed by atoms with E-state index in [0.29, 0.717) is 5.75 Å². The number of hydrogen-bond donors (Lipinski definition) is 1. The molecule has 1 aromatic carbocycles. The van der Waals surface area contributed by atoms with Crippen LogP contribution >= 0.6 is 0 Å². The molecule has 4 nitrogen and oxygen atoms in total. The third-order valence-electron chi connectivity index (χ3n) is 3.38. The summed E-state index contributed by atoms with van der Waals surface area (Å²) in [6, 6.07) is 4.12. The van der Waals surface area contributed by atoms with Crippen LogP contribution in [0.15, 0.2) is 18.2 Å². The predicted molar refractivity (Wildman–Crippen MR) is 68.6 cm³/mol. The summed E-state index contributed by atoms with van der Waals surface area (Å²) in [5, 5.41) is 9.80. The number of rotatable bonds is 5. The molecule has 0 aliphatic heterocycles. The lowest BCUT2D eigenvalue weighted by Crippen LogP contribution is -2.35. The summed E-state index contributed by atoms with van der Waals surface area (Å²) >= 11 is 0. The number of ether oxygens (including phenoxy) is 1. The van der Waals surface area contributed by atoms with Crippen molar-refractivity contribution in [3.05, 3.63) is 29.6 Å². The number of hydrogen-bond acceptors (Lipinski definition) is 3. The summed E-state index contributed by atoms with van der Waals surface area (Å²) < 4.78 is 18.7. The van der Waals surface area contributed by atoms with Crippen molar-refractivity contribution in [2.75, 3.05) is 20.7 Å². The summed E-state index contributed by atoms with van der Waals surface area (Å²) in [7, 11) is 3.01. The smallest absolute Gasteiger partial charge is 0.256 e. The lowest BCUT2D eigenvalue weighted by Gasteiger charge is -2.21. The van der Waals surface area contributed by atoms with Crippen molar-refractivity contribution in [1.82, 2.24) is 4.90 Å². The highest BCUT2D eigenvalue weighted by molar-refractivity contribution is 5.94. The molecule has 1 amide bonds. The fourth-order valence-corrected chi connectivity index (χ4v) is 2.00. The average Bonchev–Trinajstić information content (AvgIpc) is 3.21. The molecule has 0 spiro atoms. The first-order chi connectivity index (χ1) is 9.02. The number of halogens is 1. The zero-order chi connectivity index (χ0) is 14.0. The van der Waals surface area contributed by atoms with Crippen LogP contribution in [0, 0.1) is 11.7 Å². The summed E-state index contributed by atoms with van der Waals surface area (Å²) in [6.07, 6.45) is 1.48. The number of methoxy groups -OCH3 is 1. The number of aliphatic hydroxyl groups is 1. The van der Waals surface area contributed by atoms with Gasteiger partial charge in [0.1, 0.15) is 11.6 Å². The van der Waals surface area contributed by atoms with E-state index in [9.17, 15) is 14.3 Å². The summed E-state index contributed by atoms with van der Waals surface area (Å²) in [5.74, 6) is -0.386. The number of carbonyl (C=O) groups excluding carboxylic acids is 1. The third-order valence-corrected chi connectivity index (χ3v) is 3.38. The molecular formula is C14H18FNO3. The largest absolute Gasteiger partial charge is 0.497 e. The Morgan fingerprint density at radius 2 is 2.26 bits per heavy atom. The zero-order valence-electron chi connectivity index (χ0n) is 11.1. The van der Waals surface area contributed by atoms with Gasteiger partial charge in [0.25, 0.3) is 5.91 Å². The molecule has 2 rings (SSSR count). The van der Waals surface area contributed by atoms with Crippen LogP contribution in [0.2, 0.25) is 0 Å². The van der Waals surface area contributed by atoms with Crippen LogP contribution in [-0.2, 0) is 0 Å². The number of nitrogens with zero attached hydrogens (tertiary/aromatic N) is 1. The molecule has 19 heavy (non-hydrogen) atoms. The Balaban J connectivity index is 2.05. The van der Waals surface area contributed by atoms with Gasteiger partial charge < -0.3 is 14.7 Å². The van der Waals surface area contributed by atoms with E-state index in [2.05, 4.69) is 0 Å². The molecular weight excluding hydrogens is 249 g/mol. The maximum absolute atomic E-state index is 13.8. The molecule has 1 N–H and O–H groups in total. The molecule has 1 saturated carbocycles. The van der Waals surface area contributed by atoms with E-state index in [1.807, 2.05) is 0 Å². The van der Waals surface area contributed by atoms with Crippen LogP contribution in [-0.4, -0.2) is 42.7 Å². The molecule has 1 fully saturated rings. The van der Waals surface area contributed by atoms with Gasteiger partial charge in [0.15, 0.2) is 0 Å². The first-order valence-corrected chi connectivity index (χ1v) is 6.30. The van der Waals surface area contributed by atoms with Gasteiger partial charge in [0.2, 0.25) is 0 Å². The second-order valence-electron chi connectivity index (χ2n) is 4.94. The van der Waals surface area contributed by atoms with E-state index in [-0.39, 0.29) is 18.0 Å². The summed E-state index contributed by atoms with van der Waals surface area (Å²) in [5.41, 5.74) is -0.00806. The Labute approximate surface area is 111 Å². The molecule has 0 saturated heterocycles. The van der Waals surface area contributed by atoms with Gasteiger partial charge in [-0.1, -0.05) is 0 Å². The molecule has 104 valence electrons. The summed E-state index contributed by atoms with van der Waals surface area (Å²) in [6.45, 7) is 0.231. The van der Waals surface area contributed by atoms with Crippen molar-refractivity contribution in [3.8, 4) is 5.75 Å². The third kappa shape index (κ3) is 3.23. The van der Waals surface area contributed by atoms with Gasteiger partial charge in [-0.15, -0.1) is 0 Å². The number of benzene rings is 1. The van der Waals surface area contributed by atoms with Crippen LogP contribution in [0.25, 0.3) is 0 Å². The van der Waals surface area contributed by atoms with Crippen LogP contribution < -0.4 is 4.74 Å². The van der Waals surface area contributed by atoms with Crippen molar-refractivity contribution in [2.24, 2.45) is 5.92 Å². The second-order valence-corrected chi connectivity index (χ2v) is 4.94. The highest BCUT2D eigenvalue weighted by Gasteiger charge is 2.31. The second kappa shape index (κ2) is 5.57. The van der Waals surface area contributed by atoms with E-state index in [1.165, 1.54) is 24.1 Å². The van der Waals surface area contributed by atoms with E-state index in [0.717, 1.165) is 12.8 Å². The van der Waals surface area contributed by atoms with E-state index in [1.54, 1.807) is 13.1 Å². The van der Waals surface area contributed by atoms with E-state index in [4.69, 9.17) is 4.74 Å². The Kier molecular flexibility index (Phi) is 4.04. The van der Waals surface area contributed by atoms with E-state index >= 15 is 0 Å². The molecule has 1 aliphatic carbocycles. The first-order valence-electron chi connectivity index (χ1n) is 6.30. The quantitative estimate of drug-likeness (QED) is 0.883. The maximum atomic E-state index is 13.8. The minimum absolute atomic E-state index is 0.00806. The van der Waals surface area contributed by atoms with Crippen molar-refractivity contribution in [3.63, 3.8) is 0 Å². The Morgan fingerprint density at radius 3 is 2.79 bits per heavy atom. The molecule has 5 heteroatoms. The van der Waals surface area contributed by atoms with Gasteiger partial charge in [-0.05, 0) is 30.9 Å². The maximum Gasteiger partial charge on any atom is 0.256 e. The minimum atomic E-state index is -0.614. The van der Waals surface area contributed by atoms with Crippen LogP contribution in [0.3, 0.4) is 0 Å². The van der Waals surface area contributed by atoms with Crippen molar-refractivity contribution in [1.29, 1.82) is 0 Å². The normalized spacial score (nSPS) is 16.0. The molecule has 0 heterocycles. The van der Waals surface area contributed by atoms with Crippen molar-refractivity contribution in [2.45, 2.75) is 18.9 Å². The molecule has 1 aromatic rings. The lowest BCUT2D eigenvalue weighted by atomic mass is 10.1.